The zero-order valence-corrected chi connectivity index (χ0v) is 14.7. The topological polar surface area (TPSA) is 49.4 Å². The Kier molecular flexibility index (Phi) is 5.74. The van der Waals surface area contributed by atoms with E-state index < -0.39 is 0 Å². The summed E-state index contributed by atoms with van der Waals surface area (Å²) in [5.74, 6) is -0.344. The summed E-state index contributed by atoms with van der Waals surface area (Å²) < 4.78 is 0. The van der Waals surface area contributed by atoms with Gasteiger partial charge in [0.15, 0.2) is 0 Å². The van der Waals surface area contributed by atoms with E-state index in [9.17, 15) is 9.59 Å². The molecule has 2 aromatic carbocycles. The van der Waals surface area contributed by atoms with Crippen molar-refractivity contribution in [3.05, 3.63) is 64.7 Å². The number of nitrogens with zero attached hydrogens (tertiary/aromatic N) is 1. The second kappa shape index (κ2) is 7.77. The van der Waals surface area contributed by atoms with Crippen molar-refractivity contribution in [2.75, 3.05) is 18.9 Å². The van der Waals surface area contributed by atoms with Crippen molar-refractivity contribution < 1.29 is 9.59 Å². The first kappa shape index (κ1) is 17.7. The zero-order valence-electron chi connectivity index (χ0n) is 14.7. The lowest BCUT2D eigenvalue weighted by molar-refractivity contribution is -0.116. The average Bonchev–Trinajstić information content (AvgIpc) is 2.54. The Morgan fingerprint density at radius 3 is 2.46 bits per heavy atom. The number of para-hydroxylation sites is 1. The first-order chi connectivity index (χ1) is 11.4. The number of likely N-dealkylation sites (N-methyl/N-ethyl adjacent to an activating group) is 1. The Morgan fingerprint density at radius 1 is 1.08 bits per heavy atom. The molecule has 0 saturated heterocycles. The van der Waals surface area contributed by atoms with E-state index in [2.05, 4.69) is 5.32 Å². The predicted octanol–water partition coefficient (Wildman–Crippen LogP) is 3.58. The minimum atomic E-state index is -0.198. The third-order valence-electron chi connectivity index (χ3n) is 4.01. The van der Waals surface area contributed by atoms with Crippen LogP contribution >= 0.6 is 0 Å². The average molecular weight is 324 g/mol. The van der Waals surface area contributed by atoms with Crippen LogP contribution in [0.1, 0.15) is 34.0 Å². The van der Waals surface area contributed by atoms with E-state index in [1.807, 2.05) is 63.2 Å². The van der Waals surface area contributed by atoms with Gasteiger partial charge in [-0.1, -0.05) is 42.8 Å². The molecule has 0 unspecified atom stereocenters. The number of benzene rings is 2. The number of amides is 2. The van der Waals surface area contributed by atoms with Crippen LogP contribution in [0.15, 0.2) is 42.5 Å². The maximum absolute atomic E-state index is 12.5. The second-order valence-corrected chi connectivity index (χ2v) is 6.04. The molecular formula is C20H24N2O2. The molecule has 24 heavy (non-hydrogen) atoms. The standard InChI is InChI=1S/C20H24N2O2/c1-5-16-8-6-7-9-18(16)21-19(23)13-22(4)20(24)17-11-10-14(2)12-15(17)3/h6-12H,5,13H2,1-4H3,(H,21,23). The van der Waals surface area contributed by atoms with Crippen LogP contribution in [0.2, 0.25) is 0 Å². The maximum Gasteiger partial charge on any atom is 0.254 e. The van der Waals surface area contributed by atoms with E-state index in [1.54, 1.807) is 7.05 Å². The third-order valence-corrected chi connectivity index (χ3v) is 4.01. The quantitative estimate of drug-likeness (QED) is 0.914. The molecule has 0 heterocycles. The van der Waals surface area contributed by atoms with E-state index in [0.717, 1.165) is 28.8 Å². The molecule has 126 valence electrons. The molecular weight excluding hydrogens is 300 g/mol. The predicted molar refractivity (Wildman–Crippen MR) is 97.3 cm³/mol. The van der Waals surface area contributed by atoms with Gasteiger partial charge in [-0.25, -0.2) is 0 Å². The molecule has 2 rings (SSSR count). The first-order valence-corrected chi connectivity index (χ1v) is 8.12. The second-order valence-electron chi connectivity index (χ2n) is 6.04. The van der Waals surface area contributed by atoms with E-state index in [0.29, 0.717) is 5.56 Å². The van der Waals surface area contributed by atoms with Gasteiger partial charge in [0.1, 0.15) is 0 Å². The third kappa shape index (κ3) is 4.22. The highest BCUT2D eigenvalue weighted by molar-refractivity contribution is 6.00. The molecule has 0 spiro atoms. The summed E-state index contributed by atoms with van der Waals surface area (Å²) in [5.41, 5.74) is 4.54. The molecule has 0 aliphatic carbocycles. The van der Waals surface area contributed by atoms with Gasteiger partial charge in [0.2, 0.25) is 5.91 Å². The lowest BCUT2D eigenvalue weighted by Gasteiger charge is -2.19. The summed E-state index contributed by atoms with van der Waals surface area (Å²) in [5, 5.41) is 2.89. The summed E-state index contributed by atoms with van der Waals surface area (Å²) in [6, 6.07) is 13.4. The Labute approximate surface area is 143 Å². The number of hydrogen-bond donors (Lipinski definition) is 1. The number of carbonyl (C=O) groups excluding carboxylic acids is 2. The summed E-state index contributed by atoms with van der Waals surface area (Å²) in [7, 11) is 1.65. The smallest absolute Gasteiger partial charge is 0.254 e. The van der Waals surface area contributed by atoms with Crippen molar-refractivity contribution >= 4 is 17.5 Å². The molecule has 0 aliphatic heterocycles. The van der Waals surface area contributed by atoms with Gasteiger partial charge in [-0.05, 0) is 43.5 Å². The van der Waals surface area contributed by atoms with Gasteiger partial charge in [0.25, 0.3) is 5.91 Å². The van der Waals surface area contributed by atoms with Gasteiger partial charge in [-0.3, -0.25) is 9.59 Å². The molecule has 0 aliphatic rings. The molecule has 4 nitrogen and oxygen atoms in total. The van der Waals surface area contributed by atoms with E-state index in [4.69, 9.17) is 0 Å². The minimum absolute atomic E-state index is 0.0181. The van der Waals surface area contributed by atoms with Crippen molar-refractivity contribution in [1.82, 2.24) is 4.90 Å². The summed E-state index contributed by atoms with van der Waals surface area (Å²) in [6.45, 7) is 5.96. The van der Waals surface area contributed by atoms with Crippen LogP contribution in [0.5, 0.6) is 0 Å². The number of rotatable bonds is 5. The van der Waals surface area contributed by atoms with Crippen molar-refractivity contribution in [2.45, 2.75) is 27.2 Å². The van der Waals surface area contributed by atoms with Crippen LogP contribution in [0.25, 0.3) is 0 Å². The van der Waals surface area contributed by atoms with Crippen molar-refractivity contribution in [2.24, 2.45) is 0 Å². The highest BCUT2D eigenvalue weighted by Crippen LogP contribution is 2.16. The fourth-order valence-electron chi connectivity index (χ4n) is 2.69. The van der Waals surface area contributed by atoms with Crippen molar-refractivity contribution in [3.63, 3.8) is 0 Å². The molecule has 1 N–H and O–H groups in total. The van der Waals surface area contributed by atoms with Crippen molar-refractivity contribution in [1.29, 1.82) is 0 Å². The molecule has 2 amide bonds. The largest absolute Gasteiger partial charge is 0.332 e. The molecule has 0 bridgehead atoms. The minimum Gasteiger partial charge on any atom is -0.332 e. The van der Waals surface area contributed by atoms with Crippen LogP contribution in [-0.2, 0) is 11.2 Å². The molecule has 0 aromatic heterocycles. The van der Waals surface area contributed by atoms with Crippen LogP contribution in [0.4, 0.5) is 5.69 Å². The number of hydrogen-bond acceptors (Lipinski definition) is 2. The Morgan fingerprint density at radius 2 is 1.79 bits per heavy atom. The molecule has 0 saturated carbocycles. The van der Waals surface area contributed by atoms with E-state index in [1.165, 1.54) is 4.90 Å². The summed E-state index contributed by atoms with van der Waals surface area (Å²) in [4.78, 5) is 26.2. The molecule has 0 atom stereocenters. The molecule has 0 fully saturated rings. The van der Waals surface area contributed by atoms with Crippen LogP contribution in [0.3, 0.4) is 0 Å². The lowest BCUT2D eigenvalue weighted by atomic mass is 10.0. The lowest BCUT2D eigenvalue weighted by Crippen LogP contribution is -2.35. The Hall–Kier alpha value is -2.62. The normalized spacial score (nSPS) is 10.3. The molecule has 2 aromatic rings. The summed E-state index contributed by atoms with van der Waals surface area (Å²) in [6.07, 6.45) is 0.841. The fraction of sp³-hybridized carbons (Fsp3) is 0.300. The Bertz CT molecular complexity index is 753. The highest BCUT2D eigenvalue weighted by atomic mass is 16.2. The van der Waals surface area contributed by atoms with E-state index in [-0.39, 0.29) is 18.4 Å². The molecule has 4 heteroatoms. The zero-order chi connectivity index (χ0) is 17.7. The van der Waals surface area contributed by atoms with Crippen LogP contribution in [-0.4, -0.2) is 30.3 Å². The number of nitrogens with one attached hydrogen (secondary N) is 1. The monoisotopic (exact) mass is 324 g/mol. The summed E-state index contributed by atoms with van der Waals surface area (Å²) >= 11 is 0. The van der Waals surface area contributed by atoms with Gasteiger partial charge in [-0.2, -0.15) is 0 Å². The number of anilines is 1. The number of carbonyl (C=O) groups is 2. The van der Waals surface area contributed by atoms with Gasteiger partial charge in [0.05, 0.1) is 6.54 Å². The first-order valence-electron chi connectivity index (χ1n) is 8.12. The Balaban J connectivity index is 2.04. The number of aryl methyl sites for hydroxylation is 3. The fourth-order valence-corrected chi connectivity index (χ4v) is 2.69. The van der Waals surface area contributed by atoms with Gasteiger partial charge < -0.3 is 10.2 Å². The SMILES string of the molecule is CCc1ccccc1NC(=O)CN(C)C(=O)c1ccc(C)cc1C. The van der Waals surface area contributed by atoms with Crippen molar-refractivity contribution in [3.8, 4) is 0 Å². The van der Waals surface area contributed by atoms with Gasteiger partial charge in [0, 0.05) is 18.3 Å². The molecule has 0 radical (unpaired) electrons. The maximum atomic E-state index is 12.5. The van der Waals surface area contributed by atoms with Crippen LogP contribution < -0.4 is 5.32 Å². The van der Waals surface area contributed by atoms with Gasteiger partial charge in [-0.15, -0.1) is 0 Å². The van der Waals surface area contributed by atoms with E-state index >= 15 is 0 Å². The van der Waals surface area contributed by atoms with Crippen LogP contribution in [0, 0.1) is 13.8 Å². The highest BCUT2D eigenvalue weighted by Gasteiger charge is 2.17. The van der Waals surface area contributed by atoms with Gasteiger partial charge >= 0.3 is 0 Å².